The summed E-state index contributed by atoms with van der Waals surface area (Å²) in [5.74, 6) is -1.85. The third-order valence-electron chi connectivity index (χ3n) is 5.79. The molecule has 0 fully saturated rings. The van der Waals surface area contributed by atoms with Gasteiger partial charge in [0.25, 0.3) is 5.91 Å². The monoisotopic (exact) mass is 524 g/mol. The predicted molar refractivity (Wildman–Crippen MR) is 137 cm³/mol. The number of carbonyl (C=O) groups is 2. The molecule has 3 aromatic carbocycles. The van der Waals surface area contributed by atoms with Gasteiger partial charge in [0, 0.05) is 17.9 Å². The van der Waals surface area contributed by atoms with Crippen LogP contribution in [0.15, 0.2) is 82.9 Å². The quantitative estimate of drug-likeness (QED) is 0.458. The third kappa shape index (κ3) is 5.17. The third-order valence-corrected chi connectivity index (χ3v) is 7.18. The van der Waals surface area contributed by atoms with E-state index in [4.69, 9.17) is 16.7 Å². The number of hydrazone groups is 1. The highest BCUT2D eigenvalue weighted by Gasteiger charge is 2.39. The van der Waals surface area contributed by atoms with E-state index in [1.54, 1.807) is 35.3 Å². The zero-order valence-corrected chi connectivity index (χ0v) is 20.3. The molecule has 0 spiro atoms. The van der Waals surface area contributed by atoms with Crippen molar-refractivity contribution in [1.82, 2.24) is 5.01 Å². The Morgan fingerprint density at radius 2 is 1.78 bits per heavy atom. The SMILES string of the molecule is O=C(CC1SC(N2N=C(c3ccc(F)cc3)CC2c2ccc(Cl)cc2)=NC1=O)Nc1ccccc1F. The first kappa shape index (κ1) is 24.1. The number of carbonyl (C=O) groups excluding carboxylic acids is 2. The molecule has 2 aliphatic rings. The van der Waals surface area contributed by atoms with E-state index in [2.05, 4.69) is 10.3 Å². The molecule has 0 aliphatic carbocycles. The maximum absolute atomic E-state index is 13.9. The van der Waals surface area contributed by atoms with E-state index in [1.165, 1.54) is 30.3 Å². The Labute approximate surface area is 215 Å². The zero-order valence-electron chi connectivity index (χ0n) is 18.7. The molecule has 182 valence electrons. The lowest BCUT2D eigenvalue weighted by molar-refractivity contribution is -0.121. The fourth-order valence-corrected chi connectivity index (χ4v) is 5.17. The number of hydrogen-bond acceptors (Lipinski definition) is 5. The number of anilines is 1. The molecule has 0 aromatic heterocycles. The molecule has 2 amide bonds. The van der Waals surface area contributed by atoms with Crippen LogP contribution in [0.2, 0.25) is 5.02 Å². The van der Waals surface area contributed by atoms with E-state index in [0.29, 0.717) is 22.3 Å². The van der Waals surface area contributed by atoms with Crippen LogP contribution in [0.4, 0.5) is 14.5 Å². The molecule has 2 unspecified atom stereocenters. The minimum Gasteiger partial charge on any atom is -0.324 e. The van der Waals surface area contributed by atoms with Gasteiger partial charge in [0.1, 0.15) is 16.9 Å². The second-order valence-corrected chi connectivity index (χ2v) is 9.85. The standard InChI is InChI=1S/C26H19ClF2N4O2S/c27-17-9-5-16(6-10-17)22-13-21(15-7-11-18(28)12-8-15)32-33(22)26-31-25(35)23(36-26)14-24(34)30-20-4-2-1-3-19(20)29/h1-12,22-23H,13-14H2,(H,30,34). The van der Waals surface area contributed by atoms with Gasteiger partial charge >= 0.3 is 0 Å². The smallest absolute Gasteiger partial charge is 0.262 e. The number of aliphatic imine (C=N–C) groups is 1. The number of amidine groups is 1. The number of benzene rings is 3. The van der Waals surface area contributed by atoms with Crippen LogP contribution in [0, 0.1) is 11.6 Å². The first-order chi connectivity index (χ1) is 17.4. The summed E-state index contributed by atoms with van der Waals surface area (Å²) in [6.45, 7) is 0. The van der Waals surface area contributed by atoms with Gasteiger partial charge in [0.15, 0.2) is 5.17 Å². The lowest BCUT2D eigenvalue weighted by Crippen LogP contribution is -2.25. The van der Waals surface area contributed by atoms with Gasteiger partial charge in [-0.25, -0.2) is 13.8 Å². The molecule has 2 aliphatic heterocycles. The molecule has 6 nitrogen and oxygen atoms in total. The maximum atomic E-state index is 13.9. The van der Waals surface area contributed by atoms with Gasteiger partial charge in [0.2, 0.25) is 5.91 Å². The first-order valence-corrected chi connectivity index (χ1v) is 12.3. The minimum atomic E-state index is -0.761. The van der Waals surface area contributed by atoms with Gasteiger partial charge in [-0.15, -0.1) is 0 Å². The number of nitrogens with one attached hydrogen (secondary N) is 1. The lowest BCUT2D eigenvalue weighted by Gasteiger charge is -2.23. The maximum Gasteiger partial charge on any atom is 0.262 e. The number of amides is 2. The van der Waals surface area contributed by atoms with Crippen molar-refractivity contribution in [1.29, 1.82) is 0 Å². The molecule has 0 saturated heterocycles. The van der Waals surface area contributed by atoms with E-state index in [-0.39, 0.29) is 24.0 Å². The van der Waals surface area contributed by atoms with Gasteiger partial charge in [0.05, 0.1) is 17.4 Å². The van der Waals surface area contributed by atoms with Crippen molar-refractivity contribution in [3.63, 3.8) is 0 Å². The Morgan fingerprint density at radius 3 is 2.50 bits per heavy atom. The lowest BCUT2D eigenvalue weighted by atomic mass is 9.99. The number of para-hydroxylation sites is 1. The number of halogens is 3. The highest BCUT2D eigenvalue weighted by Crippen LogP contribution is 2.39. The van der Waals surface area contributed by atoms with Crippen molar-refractivity contribution in [3.8, 4) is 0 Å². The van der Waals surface area contributed by atoms with E-state index in [1.807, 2.05) is 12.1 Å². The van der Waals surface area contributed by atoms with Crippen molar-refractivity contribution >= 4 is 51.7 Å². The molecule has 0 radical (unpaired) electrons. The van der Waals surface area contributed by atoms with Crippen LogP contribution in [-0.4, -0.2) is 33.0 Å². The molecule has 2 atom stereocenters. The summed E-state index contributed by atoms with van der Waals surface area (Å²) in [6, 6.07) is 18.9. The van der Waals surface area contributed by atoms with Gasteiger partial charge < -0.3 is 5.32 Å². The van der Waals surface area contributed by atoms with Gasteiger partial charge in [-0.1, -0.05) is 59.8 Å². The molecular weight excluding hydrogens is 506 g/mol. The summed E-state index contributed by atoms with van der Waals surface area (Å²) in [5, 5.41) is 9.07. The molecular formula is C26H19ClF2N4O2S. The van der Waals surface area contributed by atoms with Crippen LogP contribution in [0.1, 0.15) is 30.0 Å². The molecule has 2 heterocycles. The molecule has 1 N–H and O–H groups in total. The van der Waals surface area contributed by atoms with Crippen molar-refractivity contribution in [2.75, 3.05) is 5.32 Å². The number of nitrogens with zero attached hydrogens (tertiary/aromatic N) is 3. The van der Waals surface area contributed by atoms with Crippen LogP contribution in [0.5, 0.6) is 0 Å². The summed E-state index contributed by atoms with van der Waals surface area (Å²) in [7, 11) is 0. The van der Waals surface area contributed by atoms with E-state index in [9.17, 15) is 18.4 Å². The normalized spacial score (nSPS) is 19.3. The fourth-order valence-electron chi connectivity index (χ4n) is 3.98. The average molecular weight is 525 g/mol. The molecule has 10 heteroatoms. The van der Waals surface area contributed by atoms with Crippen LogP contribution in [0.25, 0.3) is 0 Å². The number of rotatable bonds is 5. The largest absolute Gasteiger partial charge is 0.324 e. The van der Waals surface area contributed by atoms with Crippen LogP contribution in [-0.2, 0) is 9.59 Å². The zero-order chi connectivity index (χ0) is 25.2. The molecule has 0 saturated carbocycles. The molecule has 0 bridgehead atoms. The Kier molecular flexibility index (Phi) is 6.84. The van der Waals surface area contributed by atoms with Gasteiger partial charge in [-0.3, -0.25) is 9.59 Å². The number of hydrogen-bond donors (Lipinski definition) is 1. The highest BCUT2D eigenvalue weighted by molar-refractivity contribution is 8.15. The van der Waals surface area contributed by atoms with Crippen LogP contribution in [0.3, 0.4) is 0 Å². The molecule has 5 rings (SSSR count). The highest BCUT2D eigenvalue weighted by atomic mass is 35.5. The molecule has 36 heavy (non-hydrogen) atoms. The van der Waals surface area contributed by atoms with Crippen LogP contribution >= 0.6 is 23.4 Å². The molecule has 3 aromatic rings. The van der Waals surface area contributed by atoms with Crippen LogP contribution < -0.4 is 5.32 Å². The van der Waals surface area contributed by atoms with Crippen molar-refractivity contribution in [2.45, 2.75) is 24.1 Å². The Morgan fingerprint density at radius 1 is 1.06 bits per heavy atom. The topological polar surface area (TPSA) is 74.1 Å². The Bertz CT molecular complexity index is 1380. The first-order valence-electron chi connectivity index (χ1n) is 11.1. The van der Waals surface area contributed by atoms with Crippen molar-refractivity contribution in [3.05, 3.63) is 101 Å². The van der Waals surface area contributed by atoms with Gasteiger partial charge in [-0.05, 0) is 47.5 Å². The van der Waals surface area contributed by atoms with E-state index < -0.39 is 22.9 Å². The predicted octanol–water partition coefficient (Wildman–Crippen LogP) is 5.80. The Hall–Kier alpha value is -3.56. The summed E-state index contributed by atoms with van der Waals surface area (Å²) in [4.78, 5) is 29.4. The second kappa shape index (κ2) is 10.2. The fraction of sp³-hybridized carbons (Fsp3) is 0.154. The Balaban J connectivity index is 1.36. The average Bonchev–Trinajstić information content (AvgIpc) is 3.45. The van der Waals surface area contributed by atoms with Crippen molar-refractivity contribution < 1.29 is 18.4 Å². The minimum absolute atomic E-state index is 0.0509. The van der Waals surface area contributed by atoms with Crippen molar-refractivity contribution in [2.24, 2.45) is 10.1 Å². The summed E-state index contributed by atoms with van der Waals surface area (Å²) in [5.41, 5.74) is 2.44. The second-order valence-electron chi connectivity index (χ2n) is 8.24. The van der Waals surface area contributed by atoms with E-state index >= 15 is 0 Å². The number of thioether (sulfide) groups is 1. The summed E-state index contributed by atoms with van der Waals surface area (Å²) in [6.07, 6.45) is 0.332. The van der Waals surface area contributed by atoms with E-state index in [0.717, 1.165) is 22.9 Å². The van der Waals surface area contributed by atoms with Gasteiger partial charge in [-0.2, -0.15) is 10.1 Å². The summed E-state index contributed by atoms with van der Waals surface area (Å²) >= 11 is 7.20. The summed E-state index contributed by atoms with van der Waals surface area (Å²) < 4.78 is 27.3.